The van der Waals surface area contributed by atoms with E-state index in [4.69, 9.17) is 5.11 Å². The Bertz CT molecular complexity index is 429. The maximum absolute atomic E-state index is 11.8. The zero-order valence-electron chi connectivity index (χ0n) is 10.5. The van der Waals surface area contributed by atoms with Crippen molar-refractivity contribution in [2.75, 3.05) is 11.5 Å². The van der Waals surface area contributed by atoms with Crippen molar-refractivity contribution in [1.29, 1.82) is 0 Å². The first-order valence-electron chi connectivity index (χ1n) is 5.95. The Labute approximate surface area is 107 Å². The second kappa shape index (κ2) is 5.69. The van der Waals surface area contributed by atoms with Crippen molar-refractivity contribution in [2.24, 2.45) is 11.8 Å². The number of carbonyl (C=O) groups is 2. The van der Waals surface area contributed by atoms with E-state index < -0.39 is 33.7 Å². The number of nitrogens with one attached hydrogen (secondary N) is 1. The first-order valence-corrected chi connectivity index (χ1v) is 7.77. The van der Waals surface area contributed by atoms with E-state index in [1.54, 1.807) is 0 Å². The van der Waals surface area contributed by atoms with E-state index in [0.29, 0.717) is 6.42 Å². The predicted molar refractivity (Wildman–Crippen MR) is 65.8 cm³/mol. The molecule has 0 aromatic carbocycles. The smallest absolute Gasteiger partial charge is 0.326 e. The van der Waals surface area contributed by atoms with Gasteiger partial charge in [0, 0.05) is 0 Å². The summed E-state index contributed by atoms with van der Waals surface area (Å²) in [6, 6.07) is -0.944. The highest BCUT2D eigenvalue weighted by Crippen LogP contribution is 2.19. The van der Waals surface area contributed by atoms with Gasteiger partial charge in [-0.05, 0) is 18.8 Å². The lowest BCUT2D eigenvalue weighted by Crippen LogP contribution is -2.44. The molecule has 7 heteroatoms. The van der Waals surface area contributed by atoms with Gasteiger partial charge < -0.3 is 10.4 Å². The predicted octanol–water partition coefficient (Wildman–Crippen LogP) is 0.0366. The lowest BCUT2D eigenvalue weighted by Gasteiger charge is -2.18. The van der Waals surface area contributed by atoms with Gasteiger partial charge in [0.25, 0.3) is 0 Å². The molecule has 2 N–H and O–H groups in total. The summed E-state index contributed by atoms with van der Waals surface area (Å²) in [5, 5.41) is 11.4. The molecule has 0 saturated carbocycles. The SMILES string of the molecule is CC(C)C[C@@H](NC(=O)C1CCS(=O)(=O)C1)C(=O)O. The van der Waals surface area contributed by atoms with Gasteiger partial charge in [0.05, 0.1) is 17.4 Å². The molecule has 1 aliphatic rings. The van der Waals surface area contributed by atoms with Gasteiger partial charge in [-0.25, -0.2) is 13.2 Å². The van der Waals surface area contributed by atoms with Crippen molar-refractivity contribution in [3.05, 3.63) is 0 Å². The van der Waals surface area contributed by atoms with Crippen LogP contribution in [0.25, 0.3) is 0 Å². The summed E-state index contributed by atoms with van der Waals surface area (Å²) in [7, 11) is -3.13. The van der Waals surface area contributed by atoms with E-state index in [1.807, 2.05) is 13.8 Å². The van der Waals surface area contributed by atoms with E-state index in [9.17, 15) is 18.0 Å². The molecule has 0 spiro atoms. The summed E-state index contributed by atoms with van der Waals surface area (Å²) in [4.78, 5) is 22.8. The summed E-state index contributed by atoms with van der Waals surface area (Å²) in [5.41, 5.74) is 0. The lowest BCUT2D eigenvalue weighted by molar-refractivity contribution is -0.142. The minimum absolute atomic E-state index is 0.00695. The van der Waals surface area contributed by atoms with Crippen LogP contribution in [0.1, 0.15) is 26.7 Å². The Hall–Kier alpha value is -1.11. The molecule has 0 aromatic heterocycles. The second-order valence-electron chi connectivity index (χ2n) is 5.13. The van der Waals surface area contributed by atoms with Crippen LogP contribution in [-0.2, 0) is 19.4 Å². The number of amides is 1. The third kappa shape index (κ3) is 4.29. The molecule has 104 valence electrons. The van der Waals surface area contributed by atoms with E-state index in [2.05, 4.69) is 5.32 Å². The number of aliphatic carboxylic acids is 1. The first-order chi connectivity index (χ1) is 8.21. The third-order valence-electron chi connectivity index (χ3n) is 2.92. The molecule has 0 aromatic rings. The summed E-state index contributed by atoms with van der Waals surface area (Å²) in [6.45, 7) is 3.73. The zero-order valence-corrected chi connectivity index (χ0v) is 11.4. The average molecular weight is 277 g/mol. The fourth-order valence-electron chi connectivity index (χ4n) is 1.98. The van der Waals surface area contributed by atoms with Crippen LogP contribution in [0, 0.1) is 11.8 Å². The van der Waals surface area contributed by atoms with Crippen molar-refractivity contribution in [3.8, 4) is 0 Å². The van der Waals surface area contributed by atoms with Crippen LogP contribution in [0.5, 0.6) is 0 Å². The Morgan fingerprint density at radius 2 is 2.00 bits per heavy atom. The molecule has 1 rings (SSSR count). The van der Waals surface area contributed by atoms with E-state index >= 15 is 0 Å². The average Bonchev–Trinajstić information content (AvgIpc) is 2.57. The molecule has 1 fully saturated rings. The van der Waals surface area contributed by atoms with Gasteiger partial charge in [0.15, 0.2) is 9.84 Å². The van der Waals surface area contributed by atoms with Crippen molar-refractivity contribution in [3.63, 3.8) is 0 Å². The summed E-state index contributed by atoms with van der Waals surface area (Å²) >= 11 is 0. The Balaban J connectivity index is 2.60. The molecular weight excluding hydrogens is 258 g/mol. The standard InChI is InChI=1S/C11H19NO5S/c1-7(2)5-9(11(14)15)12-10(13)8-3-4-18(16,17)6-8/h7-9H,3-6H2,1-2H3,(H,12,13)(H,14,15)/t8?,9-/m1/s1. The number of carbonyl (C=O) groups excluding carboxylic acids is 1. The molecule has 18 heavy (non-hydrogen) atoms. The van der Waals surface area contributed by atoms with Crippen molar-refractivity contribution in [2.45, 2.75) is 32.7 Å². The van der Waals surface area contributed by atoms with Gasteiger partial charge in [-0.2, -0.15) is 0 Å². The summed E-state index contributed by atoms with van der Waals surface area (Å²) in [5.74, 6) is -2.19. The Morgan fingerprint density at radius 1 is 1.39 bits per heavy atom. The van der Waals surface area contributed by atoms with Crippen LogP contribution in [0.2, 0.25) is 0 Å². The van der Waals surface area contributed by atoms with Crippen LogP contribution in [0.4, 0.5) is 0 Å². The van der Waals surface area contributed by atoms with Gasteiger partial charge in [-0.1, -0.05) is 13.8 Å². The molecule has 2 atom stereocenters. The van der Waals surface area contributed by atoms with Crippen molar-refractivity contribution >= 4 is 21.7 Å². The van der Waals surface area contributed by atoms with Crippen molar-refractivity contribution in [1.82, 2.24) is 5.32 Å². The van der Waals surface area contributed by atoms with E-state index in [0.717, 1.165) is 0 Å². The van der Waals surface area contributed by atoms with Gasteiger partial charge >= 0.3 is 5.97 Å². The number of hydrogen-bond acceptors (Lipinski definition) is 4. The molecule has 0 bridgehead atoms. The minimum atomic E-state index is -3.13. The third-order valence-corrected chi connectivity index (χ3v) is 4.69. The highest BCUT2D eigenvalue weighted by Gasteiger charge is 2.34. The normalized spacial score (nSPS) is 23.8. The van der Waals surface area contributed by atoms with Crippen LogP contribution in [-0.4, -0.2) is 42.9 Å². The number of hydrogen-bond donors (Lipinski definition) is 2. The summed E-state index contributed by atoms with van der Waals surface area (Å²) in [6.07, 6.45) is 0.614. The number of carboxylic acid groups (broad SMARTS) is 1. The molecule has 0 aliphatic carbocycles. The Kier molecular flexibility index (Phi) is 4.72. The molecule has 1 saturated heterocycles. The fraction of sp³-hybridized carbons (Fsp3) is 0.818. The van der Waals surface area contributed by atoms with Gasteiger partial charge in [-0.3, -0.25) is 4.79 Å². The van der Waals surface area contributed by atoms with E-state index in [-0.39, 0.29) is 23.8 Å². The summed E-state index contributed by atoms with van der Waals surface area (Å²) < 4.78 is 22.5. The number of rotatable bonds is 5. The monoisotopic (exact) mass is 277 g/mol. The maximum atomic E-state index is 11.8. The topological polar surface area (TPSA) is 101 Å². The van der Waals surface area contributed by atoms with Crippen molar-refractivity contribution < 1.29 is 23.1 Å². The molecule has 0 radical (unpaired) electrons. The molecule has 6 nitrogen and oxygen atoms in total. The van der Waals surface area contributed by atoms with Crippen LogP contribution in [0.15, 0.2) is 0 Å². The largest absolute Gasteiger partial charge is 0.480 e. The van der Waals surface area contributed by atoms with E-state index in [1.165, 1.54) is 0 Å². The fourth-order valence-corrected chi connectivity index (χ4v) is 3.73. The highest BCUT2D eigenvalue weighted by molar-refractivity contribution is 7.91. The van der Waals surface area contributed by atoms with Crippen LogP contribution >= 0.6 is 0 Å². The lowest BCUT2D eigenvalue weighted by atomic mass is 10.0. The first kappa shape index (κ1) is 14.9. The number of carboxylic acids is 1. The van der Waals surface area contributed by atoms with Gasteiger partial charge in [0.2, 0.25) is 5.91 Å². The Morgan fingerprint density at radius 3 is 2.39 bits per heavy atom. The quantitative estimate of drug-likeness (QED) is 0.738. The molecular formula is C11H19NO5S. The molecule has 1 heterocycles. The van der Waals surface area contributed by atoms with Crippen LogP contribution in [0.3, 0.4) is 0 Å². The van der Waals surface area contributed by atoms with Crippen LogP contribution < -0.4 is 5.32 Å². The molecule has 1 aliphatic heterocycles. The molecule has 1 unspecified atom stereocenters. The minimum Gasteiger partial charge on any atom is -0.480 e. The number of sulfone groups is 1. The van der Waals surface area contributed by atoms with Gasteiger partial charge in [-0.15, -0.1) is 0 Å². The highest BCUT2D eigenvalue weighted by atomic mass is 32.2. The molecule has 1 amide bonds. The van der Waals surface area contributed by atoms with Gasteiger partial charge in [0.1, 0.15) is 6.04 Å². The zero-order chi connectivity index (χ0) is 13.9. The maximum Gasteiger partial charge on any atom is 0.326 e. The second-order valence-corrected chi connectivity index (χ2v) is 7.36.